The summed E-state index contributed by atoms with van der Waals surface area (Å²) in [6.45, 7) is 1.00. The van der Waals surface area contributed by atoms with E-state index in [2.05, 4.69) is 0 Å². The molecule has 0 N–H and O–H groups in total. The van der Waals surface area contributed by atoms with Gasteiger partial charge in [0.25, 0.3) is 11.1 Å². The normalized spacial score (nSPS) is 17.1. The number of thioether (sulfide) groups is 1. The molecular formula is C25H23FN2O6S. The zero-order valence-corrected chi connectivity index (χ0v) is 19.8. The zero-order valence-electron chi connectivity index (χ0n) is 19.0. The van der Waals surface area contributed by atoms with Crippen LogP contribution in [0.15, 0.2) is 47.4 Å². The Morgan fingerprint density at radius 1 is 1.06 bits per heavy atom. The molecule has 0 bridgehead atoms. The fraction of sp³-hybridized carbons (Fsp3) is 0.280. The van der Waals surface area contributed by atoms with Crippen molar-refractivity contribution in [2.75, 3.05) is 26.7 Å². The van der Waals surface area contributed by atoms with E-state index in [0.717, 1.165) is 42.0 Å². The maximum absolute atomic E-state index is 13.4. The van der Waals surface area contributed by atoms with Crippen LogP contribution < -0.4 is 9.47 Å². The average Bonchev–Trinajstić information content (AvgIpc) is 3.12. The summed E-state index contributed by atoms with van der Waals surface area (Å²) in [4.78, 5) is 52.9. The maximum Gasteiger partial charge on any atom is 0.343 e. The fourth-order valence-corrected chi connectivity index (χ4v) is 4.64. The lowest BCUT2D eigenvalue weighted by molar-refractivity contribution is -0.136. The third-order valence-corrected chi connectivity index (χ3v) is 6.53. The number of esters is 1. The van der Waals surface area contributed by atoms with E-state index in [1.165, 1.54) is 37.5 Å². The molecule has 35 heavy (non-hydrogen) atoms. The molecule has 3 amide bonds. The smallest absolute Gasteiger partial charge is 0.343 e. The molecule has 0 radical (unpaired) electrons. The van der Waals surface area contributed by atoms with Gasteiger partial charge < -0.3 is 14.4 Å². The number of rotatable bonds is 6. The minimum Gasteiger partial charge on any atom is -0.493 e. The lowest BCUT2D eigenvalue weighted by Crippen LogP contribution is -2.44. The topological polar surface area (TPSA) is 93.2 Å². The number of ether oxygens (including phenoxy) is 2. The summed E-state index contributed by atoms with van der Waals surface area (Å²) in [5.41, 5.74) is 0.573. The third kappa shape index (κ3) is 5.71. The van der Waals surface area contributed by atoms with E-state index in [1.54, 1.807) is 17.0 Å². The van der Waals surface area contributed by atoms with E-state index in [-0.39, 0.29) is 34.4 Å². The van der Waals surface area contributed by atoms with E-state index in [0.29, 0.717) is 18.7 Å². The minimum atomic E-state index is -0.755. The quantitative estimate of drug-likeness (QED) is 0.336. The molecule has 0 atom stereocenters. The number of nitrogens with zero attached hydrogens (tertiary/aromatic N) is 2. The van der Waals surface area contributed by atoms with Gasteiger partial charge in [0.2, 0.25) is 5.91 Å². The molecule has 2 aromatic carbocycles. The van der Waals surface area contributed by atoms with Crippen molar-refractivity contribution in [3.05, 3.63) is 64.3 Å². The molecule has 2 heterocycles. The Morgan fingerprint density at radius 3 is 2.54 bits per heavy atom. The number of carbonyl (C=O) groups excluding carboxylic acids is 4. The van der Waals surface area contributed by atoms with E-state index in [4.69, 9.17) is 9.47 Å². The molecule has 2 aromatic rings. The van der Waals surface area contributed by atoms with Gasteiger partial charge in [-0.05, 0) is 73.0 Å². The van der Waals surface area contributed by atoms with Crippen LogP contribution in [0.5, 0.6) is 11.5 Å². The first-order chi connectivity index (χ1) is 16.9. The highest BCUT2D eigenvalue weighted by atomic mass is 32.2. The van der Waals surface area contributed by atoms with Crippen molar-refractivity contribution in [1.82, 2.24) is 9.80 Å². The number of hydrogen-bond acceptors (Lipinski definition) is 7. The minimum absolute atomic E-state index is 0.0453. The Morgan fingerprint density at radius 2 is 1.83 bits per heavy atom. The van der Waals surface area contributed by atoms with Crippen molar-refractivity contribution < 1.29 is 33.0 Å². The molecule has 2 saturated heterocycles. The molecule has 2 fully saturated rings. The van der Waals surface area contributed by atoms with Crippen LogP contribution in [0.2, 0.25) is 0 Å². The second-order valence-corrected chi connectivity index (χ2v) is 9.01. The fourth-order valence-electron chi connectivity index (χ4n) is 3.80. The highest BCUT2D eigenvalue weighted by molar-refractivity contribution is 8.18. The number of carbonyl (C=O) groups is 4. The third-order valence-electron chi connectivity index (χ3n) is 5.62. The van der Waals surface area contributed by atoms with E-state index < -0.39 is 22.9 Å². The van der Waals surface area contributed by atoms with Crippen LogP contribution in [-0.2, 0) is 9.59 Å². The van der Waals surface area contributed by atoms with Crippen LogP contribution in [-0.4, -0.2) is 59.6 Å². The van der Waals surface area contributed by atoms with Gasteiger partial charge >= 0.3 is 5.97 Å². The second-order valence-electron chi connectivity index (χ2n) is 8.02. The number of amides is 3. The summed E-state index contributed by atoms with van der Waals surface area (Å²) >= 11 is 0.758. The van der Waals surface area contributed by atoms with Crippen LogP contribution >= 0.6 is 11.8 Å². The van der Waals surface area contributed by atoms with Gasteiger partial charge in [0.15, 0.2) is 11.5 Å². The first-order valence-corrected chi connectivity index (χ1v) is 11.9. The predicted octanol–water partition coefficient (Wildman–Crippen LogP) is 4.10. The number of benzene rings is 2. The monoisotopic (exact) mass is 498 g/mol. The lowest BCUT2D eigenvalue weighted by Gasteiger charge is -2.27. The van der Waals surface area contributed by atoms with Gasteiger partial charge in [-0.25, -0.2) is 9.18 Å². The molecule has 4 rings (SSSR count). The number of methoxy groups -OCH3 is 1. The van der Waals surface area contributed by atoms with Crippen LogP contribution in [0, 0.1) is 5.82 Å². The van der Waals surface area contributed by atoms with E-state index in [9.17, 15) is 23.6 Å². The van der Waals surface area contributed by atoms with Gasteiger partial charge in [0, 0.05) is 13.1 Å². The van der Waals surface area contributed by atoms with Crippen molar-refractivity contribution in [1.29, 1.82) is 0 Å². The molecule has 10 heteroatoms. The highest BCUT2D eigenvalue weighted by Gasteiger charge is 2.37. The van der Waals surface area contributed by atoms with Crippen molar-refractivity contribution >= 4 is 40.9 Å². The maximum atomic E-state index is 13.4. The standard InChI is InChI=1S/C25H23FN2O6S/c1-33-20-12-16(8-9-19(20)34-24(31)17-6-5-7-18(26)14-17)13-21-23(30)28(25(32)35-21)15-22(29)27-10-3-2-4-11-27/h5-9,12-14H,2-4,10-11,15H2,1H3/b21-13-. The van der Waals surface area contributed by atoms with Crippen LogP contribution in [0.4, 0.5) is 9.18 Å². The Balaban J connectivity index is 1.47. The number of likely N-dealkylation sites (tertiary alicyclic amines) is 1. The van der Waals surface area contributed by atoms with Gasteiger partial charge in [-0.1, -0.05) is 12.1 Å². The first-order valence-electron chi connectivity index (χ1n) is 11.0. The van der Waals surface area contributed by atoms with Gasteiger partial charge in [0.1, 0.15) is 12.4 Å². The lowest BCUT2D eigenvalue weighted by atomic mass is 10.1. The van der Waals surface area contributed by atoms with Crippen molar-refractivity contribution in [3.63, 3.8) is 0 Å². The van der Waals surface area contributed by atoms with Gasteiger partial charge in [-0.15, -0.1) is 0 Å². The summed E-state index contributed by atoms with van der Waals surface area (Å²) in [5, 5.41) is -0.501. The molecule has 2 aliphatic rings. The first kappa shape index (κ1) is 24.5. The summed E-state index contributed by atoms with van der Waals surface area (Å²) in [6.07, 6.45) is 4.42. The Kier molecular flexibility index (Phi) is 7.50. The van der Waals surface area contributed by atoms with Crippen LogP contribution in [0.25, 0.3) is 6.08 Å². The SMILES string of the molecule is COc1cc(/C=C2\SC(=O)N(CC(=O)N3CCCCC3)C2=O)ccc1OC(=O)c1cccc(F)c1. The Labute approximate surface area is 205 Å². The molecule has 0 aliphatic carbocycles. The molecular weight excluding hydrogens is 475 g/mol. The number of hydrogen-bond donors (Lipinski definition) is 0. The van der Waals surface area contributed by atoms with Crippen molar-refractivity contribution in [2.24, 2.45) is 0 Å². The van der Waals surface area contributed by atoms with E-state index >= 15 is 0 Å². The zero-order chi connectivity index (χ0) is 24.9. The molecule has 182 valence electrons. The molecule has 0 spiro atoms. The van der Waals surface area contributed by atoms with Gasteiger partial charge in [-0.3, -0.25) is 19.3 Å². The summed E-state index contributed by atoms with van der Waals surface area (Å²) < 4.78 is 24.0. The largest absolute Gasteiger partial charge is 0.493 e. The highest BCUT2D eigenvalue weighted by Crippen LogP contribution is 2.35. The number of imide groups is 1. The van der Waals surface area contributed by atoms with Crippen LogP contribution in [0.3, 0.4) is 0 Å². The summed E-state index contributed by atoms with van der Waals surface area (Å²) in [5.74, 6) is -1.77. The van der Waals surface area contributed by atoms with Gasteiger partial charge in [0.05, 0.1) is 17.6 Å². The number of halogens is 1. The Hall–Kier alpha value is -3.66. The van der Waals surface area contributed by atoms with E-state index in [1.807, 2.05) is 0 Å². The Bertz CT molecular complexity index is 1210. The molecule has 8 nitrogen and oxygen atoms in total. The summed E-state index contributed by atoms with van der Waals surface area (Å²) in [6, 6.07) is 9.72. The number of piperidine rings is 1. The van der Waals surface area contributed by atoms with Gasteiger partial charge in [-0.2, -0.15) is 0 Å². The molecule has 0 aromatic heterocycles. The average molecular weight is 499 g/mol. The molecule has 0 unspecified atom stereocenters. The second kappa shape index (κ2) is 10.7. The predicted molar refractivity (Wildman–Crippen MR) is 127 cm³/mol. The van der Waals surface area contributed by atoms with Crippen molar-refractivity contribution in [3.8, 4) is 11.5 Å². The van der Waals surface area contributed by atoms with Crippen LogP contribution in [0.1, 0.15) is 35.2 Å². The molecule has 0 saturated carbocycles. The molecule has 2 aliphatic heterocycles. The van der Waals surface area contributed by atoms with Crippen molar-refractivity contribution in [2.45, 2.75) is 19.3 Å². The summed E-state index contributed by atoms with van der Waals surface area (Å²) in [7, 11) is 1.39.